The second-order valence-electron chi connectivity index (χ2n) is 6.53. The predicted molar refractivity (Wildman–Crippen MR) is 68.9 cm³/mol. The van der Waals surface area contributed by atoms with Crippen molar-refractivity contribution in [1.82, 2.24) is 10.2 Å². The Hall–Kier alpha value is -0.120. The summed E-state index contributed by atoms with van der Waals surface area (Å²) < 4.78 is 0. The van der Waals surface area contributed by atoms with Gasteiger partial charge >= 0.3 is 0 Å². The monoisotopic (exact) mass is 238 g/mol. The van der Waals surface area contributed by atoms with Crippen molar-refractivity contribution in [2.24, 2.45) is 11.8 Å². The molecule has 0 bridgehead atoms. The standard InChI is InChI=1S/C14H26N2O/c1-15-13-4-6-14(17)10-16(9-11-2-3-11)7-5-12(14)8-13/h11-13,15,17H,2-10H2,1H3/t12-,13+,14-/m1/s1. The number of aliphatic hydroxyl groups is 1. The van der Waals surface area contributed by atoms with Gasteiger partial charge in [-0.25, -0.2) is 0 Å². The van der Waals surface area contributed by atoms with Gasteiger partial charge in [0, 0.05) is 19.1 Å². The van der Waals surface area contributed by atoms with Crippen LogP contribution in [0.4, 0.5) is 0 Å². The first-order valence-corrected chi connectivity index (χ1v) is 7.31. The number of β-amino-alcohol motifs (C(OH)–C–C–N with tert-alkyl or cyclic N) is 1. The lowest BCUT2D eigenvalue weighted by Crippen LogP contribution is -2.58. The maximum absolute atomic E-state index is 10.8. The summed E-state index contributed by atoms with van der Waals surface area (Å²) in [5.74, 6) is 1.48. The van der Waals surface area contributed by atoms with E-state index in [1.807, 2.05) is 0 Å². The Morgan fingerprint density at radius 2 is 2.12 bits per heavy atom. The van der Waals surface area contributed by atoms with Crippen LogP contribution in [0.2, 0.25) is 0 Å². The van der Waals surface area contributed by atoms with Crippen molar-refractivity contribution in [1.29, 1.82) is 0 Å². The zero-order valence-electron chi connectivity index (χ0n) is 11.0. The summed E-state index contributed by atoms with van der Waals surface area (Å²) in [6, 6.07) is 0.634. The third kappa shape index (κ3) is 2.51. The van der Waals surface area contributed by atoms with Gasteiger partial charge in [0.1, 0.15) is 0 Å². The second-order valence-corrected chi connectivity index (χ2v) is 6.53. The third-order valence-electron chi connectivity index (χ3n) is 5.17. The van der Waals surface area contributed by atoms with Crippen molar-refractivity contribution in [3.63, 3.8) is 0 Å². The Labute approximate surface area is 105 Å². The van der Waals surface area contributed by atoms with Gasteiger partial charge in [-0.05, 0) is 64.0 Å². The minimum Gasteiger partial charge on any atom is -0.388 e. The van der Waals surface area contributed by atoms with Gasteiger partial charge in [-0.3, -0.25) is 0 Å². The summed E-state index contributed by atoms with van der Waals surface area (Å²) in [6.07, 6.45) is 7.33. The van der Waals surface area contributed by atoms with E-state index >= 15 is 0 Å². The van der Waals surface area contributed by atoms with Crippen LogP contribution in [0.15, 0.2) is 0 Å². The summed E-state index contributed by atoms with van der Waals surface area (Å²) in [5.41, 5.74) is -0.375. The van der Waals surface area contributed by atoms with Crippen LogP contribution in [0.1, 0.15) is 38.5 Å². The Balaban J connectivity index is 1.60. The first-order chi connectivity index (χ1) is 8.19. The molecule has 0 amide bonds. The molecule has 3 atom stereocenters. The van der Waals surface area contributed by atoms with Crippen molar-refractivity contribution >= 4 is 0 Å². The highest BCUT2D eigenvalue weighted by molar-refractivity contribution is 5.00. The van der Waals surface area contributed by atoms with E-state index in [2.05, 4.69) is 17.3 Å². The van der Waals surface area contributed by atoms with Crippen molar-refractivity contribution in [3.05, 3.63) is 0 Å². The molecule has 2 N–H and O–H groups in total. The highest BCUT2D eigenvalue weighted by Crippen LogP contribution is 2.41. The molecule has 3 heteroatoms. The normalized spacial score (nSPS) is 43.4. The molecule has 0 aromatic heterocycles. The summed E-state index contributed by atoms with van der Waals surface area (Å²) in [4.78, 5) is 2.52. The minimum atomic E-state index is -0.375. The Bertz CT molecular complexity index is 279. The van der Waals surface area contributed by atoms with E-state index in [1.165, 1.54) is 38.8 Å². The summed E-state index contributed by atoms with van der Waals surface area (Å²) in [6.45, 7) is 3.38. The first kappa shape index (κ1) is 11.9. The molecule has 0 aromatic rings. The largest absolute Gasteiger partial charge is 0.388 e. The number of hydrogen-bond acceptors (Lipinski definition) is 3. The van der Waals surface area contributed by atoms with Crippen LogP contribution in [0, 0.1) is 11.8 Å². The van der Waals surface area contributed by atoms with E-state index in [0.717, 1.165) is 25.3 Å². The van der Waals surface area contributed by atoms with Gasteiger partial charge in [-0.1, -0.05) is 0 Å². The molecular formula is C14H26N2O. The topological polar surface area (TPSA) is 35.5 Å². The molecule has 3 aliphatic rings. The molecule has 17 heavy (non-hydrogen) atoms. The molecule has 2 saturated carbocycles. The van der Waals surface area contributed by atoms with E-state index in [1.54, 1.807) is 0 Å². The van der Waals surface area contributed by atoms with Crippen LogP contribution in [-0.4, -0.2) is 48.3 Å². The van der Waals surface area contributed by atoms with E-state index < -0.39 is 0 Å². The molecule has 0 spiro atoms. The fourth-order valence-corrected chi connectivity index (χ4v) is 3.79. The van der Waals surface area contributed by atoms with Crippen molar-refractivity contribution in [3.8, 4) is 0 Å². The summed E-state index contributed by atoms with van der Waals surface area (Å²) in [7, 11) is 2.05. The van der Waals surface area contributed by atoms with Gasteiger partial charge in [-0.15, -0.1) is 0 Å². The van der Waals surface area contributed by atoms with Crippen LogP contribution in [0.25, 0.3) is 0 Å². The van der Waals surface area contributed by atoms with Gasteiger partial charge < -0.3 is 15.3 Å². The number of likely N-dealkylation sites (tertiary alicyclic amines) is 1. The lowest BCUT2D eigenvalue weighted by atomic mass is 9.69. The Kier molecular flexibility index (Phi) is 3.18. The molecule has 3 fully saturated rings. The highest BCUT2D eigenvalue weighted by Gasteiger charge is 2.45. The SMILES string of the molecule is CN[C@H]1CC[C@@]2(O)CN(CC3CC3)CC[C@@H]2C1. The highest BCUT2D eigenvalue weighted by atomic mass is 16.3. The van der Waals surface area contributed by atoms with Crippen LogP contribution in [-0.2, 0) is 0 Å². The van der Waals surface area contributed by atoms with E-state index in [4.69, 9.17) is 0 Å². The van der Waals surface area contributed by atoms with Gasteiger partial charge in [0.05, 0.1) is 5.60 Å². The number of fused-ring (bicyclic) bond motifs is 1. The van der Waals surface area contributed by atoms with E-state index in [9.17, 15) is 5.11 Å². The van der Waals surface area contributed by atoms with Crippen LogP contribution in [0.3, 0.4) is 0 Å². The van der Waals surface area contributed by atoms with Gasteiger partial charge in [0.15, 0.2) is 0 Å². The molecule has 1 saturated heterocycles. The van der Waals surface area contributed by atoms with Crippen molar-refractivity contribution in [2.45, 2.75) is 50.2 Å². The quantitative estimate of drug-likeness (QED) is 0.776. The average Bonchev–Trinajstić information content (AvgIpc) is 3.11. The lowest BCUT2D eigenvalue weighted by molar-refractivity contribution is -0.105. The smallest absolute Gasteiger partial charge is 0.0803 e. The minimum absolute atomic E-state index is 0.375. The van der Waals surface area contributed by atoms with E-state index in [-0.39, 0.29) is 5.60 Å². The maximum Gasteiger partial charge on any atom is 0.0803 e. The predicted octanol–water partition coefficient (Wildman–Crippen LogP) is 1.22. The Morgan fingerprint density at radius 1 is 1.29 bits per heavy atom. The summed E-state index contributed by atoms with van der Waals surface area (Å²) in [5, 5.41) is 14.2. The number of nitrogens with one attached hydrogen (secondary N) is 1. The van der Waals surface area contributed by atoms with Crippen molar-refractivity contribution in [2.75, 3.05) is 26.7 Å². The van der Waals surface area contributed by atoms with Gasteiger partial charge in [0.25, 0.3) is 0 Å². The van der Waals surface area contributed by atoms with Crippen LogP contribution in [0.5, 0.6) is 0 Å². The van der Waals surface area contributed by atoms with E-state index in [0.29, 0.717) is 12.0 Å². The van der Waals surface area contributed by atoms with Crippen molar-refractivity contribution < 1.29 is 5.11 Å². The number of hydrogen-bond donors (Lipinski definition) is 2. The fourth-order valence-electron chi connectivity index (χ4n) is 3.79. The molecule has 1 heterocycles. The fraction of sp³-hybridized carbons (Fsp3) is 1.00. The summed E-state index contributed by atoms with van der Waals surface area (Å²) >= 11 is 0. The van der Waals surface area contributed by atoms with Crippen LogP contribution < -0.4 is 5.32 Å². The third-order valence-corrected chi connectivity index (χ3v) is 5.17. The molecule has 3 nitrogen and oxygen atoms in total. The zero-order valence-corrected chi connectivity index (χ0v) is 11.0. The lowest BCUT2D eigenvalue weighted by Gasteiger charge is -2.49. The Morgan fingerprint density at radius 3 is 2.82 bits per heavy atom. The first-order valence-electron chi connectivity index (χ1n) is 7.31. The van der Waals surface area contributed by atoms with Crippen LogP contribution >= 0.6 is 0 Å². The van der Waals surface area contributed by atoms with Gasteiger partial charge in [-0.2, -0.15) is 0 Å². The average molecular weight is 238 g/mol. The molecule has 2 aliphatic carbocycles. The molecule has 98 valence electrons. The zero-order chi connectivity index (χ0) is 11.9. The molecule has 3 rings (SSSR count). The molecular weight excluding hydrogens is 212 g/mol. The number of nitrogens with zero attached hydrogens (tertiary/aromatic N) is 1. The molecule has 1 aliphatic heterocycles. The second kappa shape index (κ2) is 4.52. The van der Waals surface area contributed by atoms with Gasteiger partial charge in [0.2, 0.25) is 0 Å². The number of rotatable bonds is 3. The molecule has 0 aromatic carbocycles. The maximum atomic E-state index is 10.8. The molecule has 0 unspecified atom stereocenters. The number of piperidine rings is 1. The molecule has 0 radical (unpaired) electrons.